The maximum Gasteiger partial charge on any atom is 0.257 e. The fourth-order valence-electron chi connectivity index (χ4n) is 3.69. The molecule has 9 heteroatoms. The second-order valence-electron chi connectivity index (χ2n) is 8.03. The van der Waals surface area contributed by atoms with E-state index in [1.807, 2.05) is 36.3 Å². The van der Waals surface area contributed by atoms with E-state index in [4.69, 9.17) is 20.9 Å². The number of piperazine rings is 1. The molecule has 0 atom stereocenters. The third kappa shape index (κ3) is 5.68. The lowest BCUT2D eigenvalue weighted by Gasteiger charge is -2.35. The first-order valence-electron chi connectivity index (χ1n) is 10.8. The third-order valence-electron chi connectivity index (χ3n) is 5.27. The van der Waals surface area contributed by atoms with Crippen LogP contribution in [0.2, 0.25) is 5.02 Å². The van der Waals surface area contributed by atoms with Crippen LogP contribution in [0.1, 0.15) is 36.5 Å². The molecule has 0 aliphatic carbocycles. The molecule has 3 aromatic rings. The number of halogens is 1. The van der Waals surface area contributed by atoms with Gasteiger partial charge in [0.25, 0.3) is 5.91 Å². The Kier molecular flexibility index (Phi) is 7.44. The summed E-state index contributed by atoms with van der Waals surface area (Å²) in [6.45, 7) is 7.83. The van der Waals surface area contributed by atoms with Crippen LogP contribution in [0, 0.1) is 0 Å². The number of carbonyl (C=O) groups is 1. The van der Waals surface area contributed by atoms with E-state index in [1.165, 1.54) is 0 Å². The zero-order chi connectivity index (χ0) is 22.5. The van der Waals surface area contributed by atoms with Crippen LogP contribution in [0.5, 0.6) is 5.75 Å². The van der Waals surface area contributed by atoms with Gasteiger partial charge in [0, 0.05) is 37.6 Å². The molecule has 0 N–H and O–H groups in total. The summed E-state index contributed by atoms with van der Waals surface area (Å²) in [5, 5.41) is 6.59. The molecule has 1 fully saturated rings. The molecule has 7 nitrogen and oxygen atoms in total. The van der Waals surface area contributed by atoms with Crippen LogP contribution < -0.4 is 4.74 Å². The van der Waals surface area contributed by atoms with Crippen molar-refractivity contribution in [1.82, 2.24) is 19.9 Å². The lowest BCUT2D eigenvalue weighted by molar-refractivity contribution is 0.0630. The van der Waals surface area contributed by atoms with Crippen LogP contribution in [-0.4, -0.2) is 64.7 Å². The first kappa shape index (κ1) is 22.8. The number of thiophene rings is 1. The minimum Gasteiger partial charge on any atom is -0.490 e. The highest BCUT2D eigenvalue weighted by molar-refractivity contribution is 7.13. The van der Waals surface area contributed by atoms with E-state index in [-0.39, 0.29) is 12.0 Å². The van der Waals surface area contributed by atoms with Crippen LogP contribution in [0.15, 0.2) is 40.2 Å². The Balaban J connectivity index is 1.26. The van der Waals surface area contributed by atoms with Gasteiger partial charge < -0.3 is 14.2 Å². The Morgan fingerprint density at radius 3 is 2.78 bits per heavy atom. The molecule has 3 heterocycles. The van der Waals surface area contributed by atoms with E-state index in [1.54, 1.807) is 29.5 Å². The maximum absolute atomic E-state index is 13.1. The molecule has 0 saturated carbocycles. The van der Waals surface area contributed by atoms with Gasteiger partial charge in [-0.15, -0.1) is 11.3 Å². The summed E-state index contributed by atoms with van der Waals surface area (Å²) in [5.74, 6) is 1.87. The molecule has 32 heavy (non-hydrogen) atoms. The standard InChI is InChI=1S/C23H27ClN4O3S/c1-16(2)30-19-8-7-17(24)15-18(19)23(29)28-12-10-27(11-13-28)9-3-6-21-25-22(26-31-21)20-5-4-14-32-20/h4-5,7-8,14-16H,3,6,9-13H2,1-2H3. The molecule has 2 aromatic heterocycles. The summed E-state index contributed by atoms with van der Waals surface area (Å²) in [4.78, 5) is 22.8. The number of nitrogens with zero attached hydrogens (tertiary/aromatic N) is 4. The zero-order valence-electron chi connectivity index (χ0n) is 18.3. The normalized spacial score (nSPS) is 14.8. The molecule has 170 valence electrons. The van der Waals surface area contributed by atoms with Gasteiger partial charge in [-0.3, -0.25) is 9.69 Å². The summed E-state index contributed by atoms with van der Waals surface area (Å²) >= 11 is 7.75. The Morgan fingerprint density at radius 1 is 1.25 bits per heavy atom. The molecule has 0 radical (unpaired) electrons. The van der Waals surface area contributed by atoms with Gasteiger partial charge in [0.05, 0.1) is 16.5 Å². The minimum atomic E-state index is -0.0326. The molecule has 0 bridgehead atoms. The second kappa shape index (κ2) is 10.5. The van der Waals surface area contributed by atoms with Crippen LogP contribution in [0.3, 0.4) is 0 Å². The number of ether oxygens (including phenoxy) is 1. The number of aromatic nitrogens is 2. The van der Waals surface area contributed by atoms with Gasteiger partial charge in [-0.25, -0.2) is 0 Å². The van der Waals surface area contributed by atoms with Crippen molar-refractivity contribution in [2.45, 2.75) is 32.8 Å². The molecule has 1 aliphatic rings. The van der Waals surface area contributed by atoms with Crippen molar-refractivity contribution in [2.75, 3.05) is 32.7 Å². The molecule has 4 rings (SSSR count). The SMILES string of the molecule is CC(C)Oc1ccc(Cl)cc1C(=O)N1CCN(CCCc2nc(-c3cccs3)no2)CC1. The molecular formula is C23H27ClN4O3S. The van der Waals surface area contributed by atoms with Crippen molar-refractivity contribution in [3.05, 3.63) is 52.2 Å². The summed E-state index contributed by atoms with van der Waals surface area (Å²) in [5.41, 5.74) is 0.526. The summed E-state index contributed by atoms with van der Waals surface area (Å²) in [6, 6.07) is 9.18. The van der Waals surface area contributed by atoms with Crippen molar-refractivity contribution < 1.29 is 14.1 Å². The number of hydrogen-bond acceptors (Lipinski definition) is 7. The number of amides is 1. The third-order valence-corrected chi connectivity index (χ3v) is 6.37. The molecule has 0 spiro atoms. The molecule has 1 saturated heterocycles. The number of aryl methyl sites for hydroxylation is 1. The molecule has 1 aliphatic heterocycles. The minimum absolute atomic E-state index is 0.0141. The Labute approximate surface area is 196 Å². The summed E-state index contributed by atoms with van der Waals surface area (Å²) in [7, 11) is 0. The van der Waals surface area contributed by atoms with E-state index in [0.29, 0.717) is 41.1 Å². The Hall–Kier alpha value is -2.42. The second-order valence-corrected chi connectivity index (χ2v) is 9.42. The molecule has 1 amide bonds. The quantitative estimate of drug-likeness (QED) is 0.474. The topological polar surface area (TPSA) is 71.7 Å². The fourth-order valence-corrected chi connectivity index (χ4v) is 4.51. The van der Waals surface area contributed by atoms with Gasteiger partial charge in [0.1, 0.15) is 5.75 Å². The van der Waals surface area contributed by atoms with Crippen molar-refractivity contribution >= 4 is 28.8 Å². The van der Waals surface area contributed by atoms with E-state index in [2.05, 4.69) is 15.0 Å². The predicted octanol–water partition coefficient (Wildman–Crippen LogP) is 4.63. The molecule has 1 aromatic carbocycles. The Morgan fingerprint density at radius 2 is 2.06 bits per heavy atom. The molecule has 0 unspecified atom stereocenters. The first-order chi connectivity index (χ1) is 15.5. The zero-order valence-corrected chi connectivity index (χ0v) is 19.9. The van der Waals surface area contributed by atoms with Crippen molar-refractivity contribution in [2.24, 2.45) is 0 Å². The smallest absolute Gasteiger partial charge is 0.257 e. The van der Waals surface area contributed by atoms with Gasteiger partial charge in [0.15, 0.2) is 0 Å². The summed E-state index contributed by atoms with van der Waals surface area (Å²) in [6.07, 6.45) is 1.66. The maximum atomic E-state index is 13.1. The molecular weight excluding hydrogens is 448 g/mol. The number of rotatable bonds is 8. The number of benzene rings is 1. The average Bonchev–Trinajstić information content (AvgIpc) is 3.47. The lowest BCUT2D eigenvalue weighted by atomic mass is 10.1. The summed E-state index contributed by atoms with van der Waals surface area (Å²) < 4.78 is 11.2. The number of carbonyl (C=O) groups excluding carboxylic acids is 1. The lowest BCUT2D eigenvalue weighted by Crippen LogP contribution is -2.49. The average molecular weight is 475 g/mol. The highest BCUT2D eigenvalue weighted by Crippen LogP contribution is 2.26. The van der Waals surface area contributed by atoms with Crippen LogP contribution >= 0.6 is 22.9 Å². The van der Waals surface area contributed by atoms with Crippen molar-refractivity contribution in [1.29, 1.82) is 0 Å². The van der Waals surface area contributed by atoms with Crippen LogP contribution in [0.25, 0.3) is 10.7 Å². The highest BCUT2D eigenvalue weighted by atomic mass is 35.5. The van der Waals surface area contributed by atoms with Crippen molar-refractivity contribution in [3.63, 3.8) is 0 Å². The highest BCUT2D eigenvalue weighted by Gasteiger charge is 2.25. The first-order valence-corrected chi connectivity index (χ1v) is 12.1. The van der Waals surface area contributed by atoms with Gasteiger partial charge >= 0.3 is 0 Å². The van der Waals surface area contributed by atoms with E-state index >= 15 is 0 Å². The number of hydrogen-bond donors (Lipinski definition) is 0. The largest absolute Gasteiger partial charge is 0.490 e. The van der Waals surface area contributed by atoms with Gasteiger partial charge in [0.2, 0.25) is 11.7 Å². The Bertz CT molecular complexity index is 1030. The van der Waals surface area contributed by atoms with E-state index < -0.39 is 0 Å². The monoisotopic (exact) mass is 474 g/mol. The van der Waals surface area contributed by atoms with Gasteiger partial charge in [-0.2, -0.15) is 4.98 Å². The van der Waals surface area contributed by atoms with Crippen LogP contribution in [-0.2, 0) is 6.42 Å². The van der Waals surface area contributed by atoms with Crippen molar-refractivity contribution in [3.8, 4) is 16.5 Å². The van der Waals surface area contributed by atoms with E-state index in [9.17, 15) is 4.79 Å². The van der Waals surface area contributed by atoms with E-state index in [0.717, 1.165) is 37.4 Å². The predicted molar refractivity (Wildman–Crippen MR) is 125 cm³/mol. The van der Waals surface area contributed by atoms with Crippen LogP contribution in [0.4, 0.5) is 0 Å². The fraction of sp³-hybridized carbons (Fsp3) is 0.435. The van der Waals surface area contributed by atoms with Gasteiger partial charge in [-0.1, -0.05) is 22.8 Å². The van der Waals surface area contributed by atoms with Gasteiger partial charge in [-0.05, 0) is 56.5 Å².